The van der Waals surface area contributed by atoms with E-state index in [1.165, 1.54) is 7.11 Å². The van der Waals surface area contributed by atoms with Crippen LogP contribution in [-0.2, 0) is 17.8 Å². The molecule has 8 heteroatoms. The SMILES string of the molecule is COc1nn(CC(=O)N[C@@H](Cc2ccsc2)c2ccccn2)c(=O)c2ccccc12. The predicted octanol–water partition coefficient (Wildman–Crippen LogP) is 2.96. The molecule has 1 N–H and O–H groups in total. The molecule has 4 rings (SSSR count). The van der Waals surface area contributed by atoms with Crippen LogP contribution in [0.5, 0.6) is 5.88 Å². The van der Waals surface area contributed by atoms with Crippen molar-refractivity contribution < 1.29 is 9.53 Å². The van der Waals surface area contributed by atoms with E-state index in [1.807, 2.05) is 41.1 Å². The van der Waals surface area contributed by atoms with E-state index < -0.39 is 0 Å². The molecule has 0 fully saturated rings. The zero-order valence-corrected chi connectivity index (χ0v) is 17.1. The number of nitrogens with one attached hydrogen (secondary N) is 1. The Bertz CT molecular complexity index is 1210. The van der Waals surface area contributed by atoms with E-state index in [9.17, 15) is 9.59 Å². The van der Waals surface area contributed by atoms with Crippen LogP contribution in [0.4, 0.5) is 0 Å². The summed E-state index contributed by atoms with van der Waals surface area (Å²) in [5, 5.41) is 12.3. The Morgan fingerprint density at radius 3 is 2.67 bits per heavy atom. The van der Waals surface area contributed by atoms with Gasteiger partial charge in [0.2, 0.25) is 11.8 Å². The molecule has 0 bridgehead atoms. The number of rotatable bonds is 7. The molecular weight excluding hydrogens is 400 g/mol. The van der Waals surface area contributed by atoms with E-state index in [-0.39, 0.29) is 24.1 Å². The van der Waals surface area contributed by atoms with Gasteiger partial charge in [-0.3, -0.25) is 14.6 Å². The van der Waals surface area contributed by atoms with Crippen molar-refractivity contribution in [2.24, 2.45) is 0 Å². The van der Waals surface area contributed by atoms with Crippen molar-refractivity contribution in [3.63, 3.8) is 0 Å². The highest BCUT2D eigenvalue weighted by Crippen LogP contribution is 2.20. The number of methoxy groups -OCH3 is 1. The number of amides is 1. The standard InChI is InChI=1S/C22H20N4O3S/c1-29-21-16-6-2-3-7-17(16)22(28)26(25-21)13-20(27)24-19(12-15-9-11-30-14-15)18-8-4-5-10-23-18/h2-11,14,19H,12-13H2,1H3,(H,24,27)/t19-/m0/s1. The predicted molar refractivity (Wildman–Crippen MR) is 116 cm³/mol. The molecule has 1 amide bonds. The van der Waals surface area contributed by atoms with Crippen molar-refractivity contribution in [1.82, 2.24) is 20.1 Å². The molecule has 0 unspecified atom stereocenters. The summed E-state index contributed by atoms with van der Waals surface area (Å²) < 4.78 is 6.45. The highest BCUT2D eigenvalue weighted by Gasteiger charge is 2.19. The van der Waals surface area contributed by atoms with Gasteiger partial charge in [-0.15, -0.1) is 5.10 Å². The van der Waals surface area contributed by atoms with Crippen LogP contribution in [-0.4, -0.2) is 27.8 Å². The number of thiophene rings is 1. The molecule has 3 aromatic heterocycles. The largest absolute Gasteiger partial charge is 0.480 e. The summed E-state index contributed by atoms with van der Waals surface area (Å²) >= 11 is 1.60. The summed E-state index contributed by atoms with van der Waals surface area (Å²) in [6.45, 7) is -0.215. The first-order chi connectivity index (χ1) is 14.7. The summed E-state index contributed by atoms with van der Waals surface area (Å²) in [4.78, 5) is 30.0. The second kappa shape index (κ2) is 8.87. The van der Waals surface area contributed by atoms with Crippen molar-refractivity contribution in [2.45, 2.75) is 19.0 Å². The van der Waals surface area contributed by atoms with Crippen LogP contribution in [0, 0.1) is 0 Å². The molecular formula is C22H20N4O3S. The third-order valence-corrected chi connectivity index (χ3v) is 5.45. The van der Waals surface area contributed by atoms with Gasteiger partial charge in [0.15, 0.2) is 0 Å². The minimum absolute atomic E-state index is 0.215. The molecule has 30 heavy (non-hydrogen) atoms. The van der Waals surface area contributed by atoms with E-state index in [2.05, 4.69) is 15.4 Å². The summed E-state index contributed by atoms with van der Waals surface area (Å²) in [5.74, 6) is -0.0228. The third-order valence-electron chi connectivity index (χ3n) is 4.72. The zero-order chi connectivity index (χ0) is 20.9. The van der Waals surface area contributed by atoms with Gasteiger partial charge >= 0.3 is 0 Å². The Kier molecular flexibility index (Phi) is 5.85. The van der Waals surface area contributed by atoms with Crippen LogP contribution in [0.3, 0.4) is 0 Å². The average molecular weight is 420 g/mol. The molecule has 1 atom stereocenters. The van der Waals surface area contributed by atoms with Gasteiger partial charge in [-0.2, -0.15) is 11.3 Å². The topological polar surface area (TPSA) is 86.1 Å². The summed E-state index contributed by atoms with van der Waals surface area (Å²) in [6.07, 6.45) is 2.30. The zero-order valence-electron chi connectivity index (χ0n) is 16.3. The monoisotopic (exact) mass is 420 g/mol. The lowest BCUT2D eigenvalue weighted by Gasteiger charge is -2.18. The van der Waals surface area contributed by atoms with E-state index in [1.54, 1.807) is 35.7 Å². The van der Waals surface area contributed by atoms with Gasteiger partial charge < -0.3 is 10.1 Å². The molecule has 0 aliphatic rings. The number of aromatic nitrogens is 3. The van der Waals surface area contributed by atoms with Gasteiger partial charge in [0.1, 0.15) is 6.54 Å². The molecule has 0 aliphatic heterocycles. The first kappa shape index (κ1) is 19.8. The number of ether oxygens (including phenoxy) is 1. The van der Waals surface area contributed by atoms with Gasteiger partial charge in [-0.05, 0) is 53.1 Å². The smallest absolute Gasteiger partial charge is 0.275 e. The second-order valence-electron chi connectivity index (χ2n) is 6.73. The first-order valence-corrected chi connectivity index (χ1v) is 10.3. The van der Waals surface area contributed by atoms with Crippen molar-refractivity contribution in [2.75, 3.05) is 7.11 Å². The lowest BCUT2D eigenvalue weighted by atomic mass is 10.1. The Labute approximate surface area is 177 Å². The normalized spacial score (nSPS) is 11.9. The van der Waals surface area contributed by atoms with Gasteiger partial charge in [0.25, 0.3) is 5.56 Å². The van der Waals surface area contributed by atoms with E-state index in [0.29, 0.717) is 23.1 Å². The molecule has 152 valence electrons. The Hall–Kier alpha value is -3.52. The van der Waals surface area contributed by atoms with Gasteiger partial charge in [0, 0.05) is 6.20 Å². The van der Waals surface area contributed by atoms with Crippen LogP contribution in [0.15, 0.2) is 70.3 Å². The lowest BCUT2D eigenvalue weighted by molar-refractivity contribution is -0.122. The number of nitrogens with zero attached hydrogens (tertiary/aromatic N) is 3. The second-order valence-corrected chi connectivity index (χ2v) is 7.51. The third kappa shape index (κ3) is 4.23. The number of benzene rings is 1. The first-order valence-electron chi connectivity index (χ1n) is 9.41. The maximum absolute atomic E-state index is 12.8. The lowest BCUT2D eigenvalue weighted by Crippen LogP contribution is -2.36. The van der Waals surface area contributed by atoms with Crippen LogP contribution < -0.4 is 15.6 Å². The molecule has 3 heterocycles. The summed E-state index contributed by atoms with van der Waals surface area (Å²) in [6, 6.07) is 14.3. The average Bonchev–Trinajstić information content (AvgIpc) is 3.29. The van der Waals surface area contributed by atoms with Gasteiger partial charge in [-0.1, -0.05) is 18.2 Å². The molecule has 7 nitrogen and oxygen atoms in total. The highest BCUT2D eigenvalue weighted by molar-refractivity contribution is 7.07. The fraction of sp³-hybridized carbons (Fsp3) is 0.182. The van der Waals surface area contributed by atoms with Crippen molar-refractivity contribution in [3.8, 4) is 5.88 Å². The fourth-order valence-electron chi connectivity index (χ4n) is 3.29. The quantitative estimate of drug-likeness (QED) is 0.497. The molecule has 0 saturated heterocycles. The van der Waals surface area contributed by atoms with E-state index in [0.717, 1.165) is 15.9 Å². The van der Waals surface area contributed by atoms with Crippen LogP contribution in [0.25, 0.3) is 10.8 Å². The number of pyridine rings is 1. The van der Waals surface area contributed by atoms with Crippen molar-refractivity contribution >= 4 is 28.0 Å². The number of hydrogen-bond donors (Lipinski definition) is 1. The number of hydrogen-bond acceptors (Lipinski definition) is 6. The molecule has 0 radical (unpaired) electrons. The van der Waals surface area contributed by atoms with Crippen LogP contribution >= 0.6 is 11.3 Å². The Morgan fingerprint density at radius 2 is 1.97 bits per heavy atom. The highest BCUT2D eigenvalue weighted by atomic mass is 32.1. The molecule has 0 spiro atoms. The number of carbonyl (C=O) groups excluding carboxylic acids is 1. The van der Waals surface area contributed by atoms with Gasteiger partial charge in [0.05, 0.1) is 29.6 Å². The maximum Gasteiger partial charge on any atom is 0.275 e. The molecule has 0 saturated carbocycles. The maximum atomic E-state index is 12.8. The van der Waals surface area contributed by atoms with Crippen LogP contribution in [0.2, 0.25) is 0 Å². The minimum Gasteiger partial charge on any atom is -0.480 e. The molecule has 1 aromatic carbocycles. The minimum atomic E-state index is -0.339. The number of fused-ring (bicyclic) bond motifs is 1. The summed E-state index contributed by atoms with van der Waals surface area (Å²) in [5.41, 5.74) is 1.53. The number of carbonyl (C=O) groups is 1. The Morgan fingerprint density at radius 1 is 1.17 bits per heavy atom. The fourth-order valence-corrected chi connectivity index (χ4v) is 3.98. The van der Waals surface area contributed by atoms with Crippen molar-refractivity contribution in [3.05, 3.63) is 87.1 Å². The molecule has 4 aromatic rings. The van der Waals surface area contributed by atoms with E-state index >= 15 is 0 Å². The van der Waals surface area contributed by atoms with Crippen molar-refractivity contribution in [1.29, 1.82) is 0 Å². The van der Waals surface area contributed by atoms with Gasteiger partial charge in [-0.25, -0.2) is 4.68 Å². The Balaban J connectivity index is 1.59. The van der Waals surface area contributed by atoms with Crippen LogP contribution in [0.1, 0.15) is 17.3 Å². The molecule has 0 aliphatic carbocycles. The summed E-state index contributed by atoms with van der Waals surface area (Å²) in [7, 11) is 1.49. The van der Waals surface area contributed by atoms with E-state index in [4.69, 9.17) is 4.74 Å².